The molecule has 0 fully saturated rings. The molecular formula is C18H20ClNO2S. The maximum Gasteiger partial charge on any atom is 0.234 e. The van der Waals surface area contributed by atoms with Crippen LogP contribution < -0.4 is 10.1 Å². The van der Waals surface area contributed by atoms with Gasteiger partial charge in [0.1, 0.15) is 5.75 Å². The third-order valence-corrected chi connectivity index (χ3v) is 4.52. The number of carbonyl (C=O) groups excluding carboxylic acids is 1. The van der Waals surface area contributed by atoms with Crippen LogP contribution in [0.3, 0.4) is 0 Å². The fraction of sp³-hybridized carbons (Fsp3) is 0.278. The number of anilines is 1. The number of carbonyl (C=O) groups is 1. The van der Waals surface area contributed by atoms with Gasteiger partial charge in [0.25, 0.3) is 0 Å². The zero-order chi connectivity index (χ0) is 16.7. The Morgan fingerprint density at radius 2 is 1.83 bits per heavy atom. The highest BCUT2D eigenvalue weighted by atomic mass is 35.5. The Morgan fingerprint density at radius 3 is 2.52 bits per heavy atom. The Morgan fingerprint density at radius 1 is 1.13 bits per heavy atom. The van der Waals surface area contributed by atoms with E-state index in [4.69, 9.17) is 16.3 Å². The van der Waals surface area contributed by atoms with Gasteiger partial charge in [0.15, 0.2) is 0 Å². The molecule has 0 aliphatic carbocycles. The second-order valence-electron chi connectivity index (χ2n) is 5.15. The molecule has 122 valence electrons. The Bertz CT molecular complexity index is 656. The molecule has 2 aromatic rings. The van der Waals surface area contributed by atoms with E-state index in [0.29, 0.717) is 23.1 Å². The van der Waals surface area contributed by atoms with E-state index in [-0.39, 0.29) is 5.91 Å². The van der Waals surface area contributed by atoms with E-state index < -0.39 is 0 Å². The van der Waals surface area contributed by atoms with Crippen LogP contribution in [0.4, 0.5) is 5.69 Å². The fourth-order valence-corrected chi connectivity index (χ4v) is 2.93. The first-order valence-corrected chi connectivity index (χ1v) is 8.92. The first kappa shape index (κ1) is 17.7. The number of para-hydroxylation sites is 2. The van der Waals surface area contributed by atoms with Crippen molar-refractivity contribution < 1.29 is 9.53 Å². The average molecular weight is 350 g/mol. The standard InChI is InChI=1S/C18H20ClNO2S/c1-13-6-5-7-14(2)18(13)22-10-11-23-12-17(21)20-16-9-4-3-8-15(16)19/h3-9H,10-12H2,1-2H3,(H,20,21). The molecule has 0 aliphatic rings. The summed E-state index contributed by atoms with van der Waals surface area (Å²) in [5.41, 5.74) is 2.91. The topological polar surface area (TPSA) is 38.3 Å². The van der Waals surface area contributed by atoms with Gasteiger partial charge in [-0.05, 0) is 37.1 Å². The fourth-order valence-electron chi connectivity index (χ4n) is 2.14. The van der Waals surface area contributed by atoms with E-state index in [1.807, 2.05) is 44.2 Å². The Labute approximate surface area is 146 Å². The Balaban J connectivity index is 1.69. The largest absolute Gasteiger partial charge is 0.492 e. The lowest BCUT2D eigenvalue weighted by molar-refractivity contribution is -0.113. The van der Waals surface area contributed by atoms with Crippen molar-refractivity contribution >= 4 is 35.0 Å². The summed E-state index contributed by atoms with van der Waals surface area (Å²) in [5, 5.41) is 3.35. The van der Waals surface area contributed by atoms with E-state index in [1.54, 1.807) is 12.1 Å². The van der Waals surface area contributed by atoms with Gasteiger partial charge in [-0.1, -0.05) is 41.9 Å². The van der Waals surface area contributed by atoms with Crippen molar-refractivity contribution in [3.8, 4) is 5.75 Å². The number of halogens is 1. The zero-order valence-corrected chi connectivity index (χ0v) is 14.8. The average Bonchev–Trinajstić information content (AvgIpc) is 2.52. The van der Waals surface area contributed by atoms with Gasteiger partial charge in [-0.3, -0.25) is 4.79 Å². The molecule has 2 aromatic carbocycles. The van der Waals surface area contributed by atoms with Gasteiger partial charge in [0, 0.05) is 5.75 Å². The number of rotatable bonds is 7. The molecule has 0 heterocycles. The van der Waals surface area contributed by atoms with E-state index in [2.05, 4.69) is 5.32 Å². The van der Waals surface area contributed by atoms with Crippen LogP contribution in [0, 0.1) is 13.8 Å². The smallest absolute Gasteiger partial charge is 0.234 e. The SMILES string of the molecule is Cc1cccc(C)c1OCCSCC(=O)Nc1ccccc1Cl. The lowest BCUT2D eigenvalue weighted by Crippen LogP contribution is -2.15. The Hall–Kier alpha value is -1.65. The second kappa shape index (κ2) is 8.85. The van der Waals surface area contributed by atoms with Crippen LogP contribution >= 0.6 is 23.4 Å². The van der Waals surface area contributed by atoms with Gasteiger partial charge >= 0.3 is 0 Å². The van der Waals surface area contributed by atoms with E-state index >= 15 is 0 Å². The third kappa shape index (κ3) is 5.48. The van der Waals surface area contributed by atoms with E-state index in [0.717, 1.165) is 22.6 Å². The monoisotopic (exact) mass is 349 g/mol. The van der Waals surface area contributed by atoms with Gasteiger partial charge in [0.2, 0.25) is 5.91 Å². The highest BCUT2D eigenvalue weighted by Gasteiger charge is 2.06. The molecule has 0 atom stereocenters. The molecule has 1 amide bonds. The number of aryl methyl sites for hydroxylation is 2. The predicted molar refractivity (Wildman–Crippen MR) is 98.8 cm³/mol. The molecule has 23 heavy (non-hydrogen) atoms. The quantitative estimate of drug-likeness (QED) is 0.736. The van der Waals surface area contributed by atoms with E-state index in [1.165, 1.54) is 11.8 Å². The molecule has 3 nitrogen and oxygen atoms in total. The summed E-state index contributed by atoms with van der Waals surface area (Å²) in [6.45, 7) is 4.65. The van der Waals surface area contributed by atoms with Gasteiger partial charge in [-0.15, -0.1) is 11.8 Å². The minimum absolute atomic E-state index is 0.0600. The first-order chi connectivity index (χ1) is 11.1. The van der Waals surface area contributed by atoms with Crippen LogP contribution in [-0.2, 0) is 4.79 Å². The number of amides is 1. The first-order valence-electron chi connectivity index (χ1n) is 7.39. The molecule has 0 aliphatic heterocycles. The summed E-state index contributed by atoms with van der Waals surface area (Å²) in [6.07, 6.45) is 0. The molecule has 0 spiro atoms. The molecule has 0 aromatic heterocycles. The van der Waals surface area contributed by atoms with Crippen molar-refractivity contribution in [2.75, 3.05) is 23.4 Å². The molecule has 0 bridgehead atoms. The predicted octanol–water partition coefficient (Wildman–Crippen LogP) is 4.71. The molecule has 0 unspecified atom stereocenters. The van der Waals surface area contributed by atoms with Crippen molar-refractivity contribution in [3.05, 3.63) is 58.6 Å². The van der Waals surface area contributed by atoms with Gasteiger partial charge in [0.05, 0.1) is 23.1 Å². The molecule has 0 saturated heterocycles. The molecule has 5 heteroatoms. The summed E-state index contributed by atoms with van der Waals surface area (Å²) < 4.78 is 5.81. The molecule has 1 N–H and O–H groups in total. The summed E-state index contributed by atoms with van der Waals surface area (Å²) in [4.78, 5) is 11.9. The number of nitrogens with one attached hydrogen (secondary N) is 1. The van der Waals surface area contributed by atoms with Crippen molar-refractivity contribution in [3.63, 3.8) is 0 Å². The molecule has 2 rings (SSSR count). The van der Waals surface area contributed by atoms with Gasteiger partial charge < -0.3 is 10.1 Å². The number of ether oxygens (including phenoxy) is 1. The third-order valence-electron chi connectivity index (χ3n) is 3.26. The minimum Gasteiger partial charge on any atom is -0.492 e. The van der Waals surface area contributed by atoms with Crippen LogP contribution in [0.15, 0.2) is 42.5 Å². The highest BCUT2D eigenvalue weighted by Crippen LogP contribution is 2.23. The lowest BCUT2D eigenvalue weighted by Gasteiger charge is -2.11. The molecule has 0 saturated carbocycles. The van der Waals surface area contributed by atoms with Crippen molar-refractivity contribution in [2.45, 2.75) is 13.8 Å². The lowest BCUT2D eigenvalue weighted by atomic mass is 10.1. The second-order valence-corrected chi connectivity index (χ2v) is 6.66. The van der Waals surface area contributed by atoms with Crippen LogP contribution in [0.2, 0.25) is 5.02 Å². The maximum absolute atomic E-state index is 11.9. The highest BCUT2D eigenvalue weighted by molar-refractivity contribution is 7.99. The number of hydrogen-bond acceptors (Lipinski definition) is 3. The molecule has 0 radical (unpaired) electrons. The zero-order valence-electron chi connectivity index (χ0n) is 13.3. The van der Waals surface area contributed by atoms with Crippen LogP contribution in [-0.4, -0.2) is 24.0 Å². The maximum atomic E-state index is 11.9. The summed E-state index contributed by atoms with van der Waals surface area (Å²) >= 11 is 7.55. The van der Waals surface area contributed by atoms with Crippen LogP contribution in [0.25, 0.3) is 0 Å². The summed E-state index contributed by atoms with van der Waals surface area (Å²) in [5.74, 6) is 2.01. The van der Waals surface area contributed by atoms with Crippen molar-refractivity contribution in [1.82, 2.24) is 0 Å². The van der Waals surface area contributed by atoms with E-state index in [9.17, 15) is 4.79 Å². The normalized spacial score (nSPS) is 10.4. The Kier molecular flexibility index (Phi) is 6.81. The van der Waals surface area contributed by atoms with Crippen molar-refractivity contribution in [2.24, 2.45) is 0 Å². The van der Waals surface area contributed by atoms with Gasteiger partial charge in [-0.25, -0.2) is 0 Å². The van der Waals surface area contributed by atoms with Crippen LogP contribution in [0.5, 0.6) is 5.75 Å². The van der Waals surface area contributed by atoms with Crippen molar-refractivity contribution in [1.29, 1.82) is 0 Å². The molecular weight excluding hydrogens is 330 g/mol. The summed E-state index contributed by atoms with van der Waals surface area (Å²) in [6, 6.07) is 13.3. The summed E-state index contributed by atoms with van der Waals surface area (Å²) in [7, 11) is 0. The number of benzene rings is 2. The van der Waals surface area contributed by atoms with Crippen LogP contribution in [0.1, 0.15) is 11.1 Å². The van der Waals surface area contributed by atoms with Gasteiger partial charge in [-0.2, -0.15) is 0 Å². The minimum atomic E-state index is -0.0600. The number of thioether (sulfide) groups is 1. The number of hydrogen-bond donors (Lipinski definition) is 1.